The number of hydrogen-bond donors (Lipinski definition) is 2. The van der Waals surface area contributed by atoms with Gasteiger partial charge in [-0.25, -0.2) is 4.98 Å². The number of benzene rings is 1. The van der Waals surface area contributed by atoms with E-state index in [1.54, 1.807) is 30.5 Å². The molecular weight excluding hydrogens is 234 g/mol. The van der Waals surface area contributed by atoms with Gasteiger partial charge in [-0.15, -0.1) is 11.3 Å². The van der Waals surface area contributed by atoms with Crippen LogP contribution in [0.1, 0.15) is 28.3 Å². The van der Waals surface area contributed by atoms with Crippen LogP contribution in [-0.4, -0.2) is 10.9 Å². The van der Waals surface area contributed by atoms with Crippen LogP contribution in [0.5, 0.6) is 0 Å². The fourth-order valence-electron chi connectivity index (χ4n) is 1.47. The minimum absolute atomic E-state index is 0.0936. The van der Waals surface area contributed by atoms with E-state index in [4.69, 9.17) is 5.73 Å². The summed E-state index contributed by atoms with van der Waals surface area (Å²) >= 11 is 1.52. The Morgan fingerprint density at radius 1 is 1.53 bits per heavy atom. The zero-order valence-corrected chi connectivity index (χ0v) is 10.2. The number of aromatic nitrogens is 1. The molecule has 4 nitrogen and oxygen atoms in total. The molecule has 1 heterocycles. The summed E-state index contributed by atoms with van der Waals surface area (Å²) < 4.78 is 0. The lowest BCUT2D eigenvalue weighted by atomic mass is 10.2. The fraction of sp³-hybridized carbons (Fsp3) is 0.167. The summed E-state index contributed by atoms with van der Waals surface area (Å²) in [6.07, 6.45) is 1.73. The van der Waals surface area contributed by atoms with Crippen LogP contribution < -0.4 is 11.1 Å². The minimum Gasteiger partial charge on any atom is -0.399 e. The summed E-state index contributed by atoms with van der Waals surface area (Å²) in [5, 5.41) is 5.66. The molecule has 3 N–H and O–H groups in total. The van der Waals surface area contributed by atoms with Gasteiger partial charge in [0.25, 0.3) is 5.91 Å². The number of hydrogen-bond acceptors (Lipinski definition) is 4. The predicted octanol–water partition coefficient (Wildman–Crippen LogP) is 2.22. The van der Waals surface area contributed by atoms with Crippen molar-refractivity contribution in [3.8, 4) is 0 Å². The van der Waals surface area contributed by atoms with Crippen LogP contribution in [0.4, 0.5) is 5.69 Å². The standard InChI is InChI=1S/C12H13N3OS/c1-8(12-14-5-6-17-12)15-11(16)9-3-2-4-10(13)7-9/h2-8H,13H2,1H3,(H,15,16). The summed E-state index contributed by atoms with van der Waals surface area (Å²) in [7, 11) is 0. The molecule has 17 heavy (non-hydrogen) atoms. The van der Waals surface area contributed by atoms with E-state index in [1.165, 1.54) is 11.3 Å². The van der Waals surface area contributed by atoms with Gasteiger partial charge in [-0.3, -0.25) is 4.79 Å². The molecule has 2 aromatic rings. The lowest BCUT2D eigenvalue weighted by molar-refractivity contribution is 0.0940. The van der Waals surface area contributed by atoms with Crippen molar-refractivity contribution in [3.05, 3.63) is 46.4 Å². The Kier molecular flexibility index (Phi) is 3.39. The number of nitrogen functional groups attached to an aromatic ring is 1. The highest BCUT2D eigenvalue weighted by Crippen LogP contribution is 2.15. The SMILES string of the molecule is CC(NC(=O)c1cccc(N)c1)c1nccs1. The largest absolute Gasteiger partial charge is 0.399 e. The average molecular weight is 247 g/mol. The molecule has 1 aromatic carbocycles. The van der Waals surface area contributed by atoms with Crippen molar-refractivity contribution in [2.24, 2.45) is 0 Å². The second kappa shape index (κ2) is 4.97. The number of thiazole rings is 1. The summed E-state index contributed by atoms with van der Waals surface area (Å²) in [5.74, 6) is -0.139. The third-order valence-electron chi connectivity index (χ3n) is 2.32. The van der Waals surface area contributed by atoms with Crippen molar-refractivity contribution in [3.63, 3.8) is 0 Å². The van der Waals surface area contributed by atoms with Crippen molar-refractivity contribution in [1.29, 1.82) is 0 Å². The number of nitrogens with two attached hydrogens (primary N) is 1. The van der Waals surface area contributed by atoms with E-state index < -0.39 is 0 Å². The molecule has 0 aliphatic carbocycles. The van der Waals surface area contributed by atoms with Crippen molar-refractivity contribution in [2.75, 3.05) is 5.73 Å². The quantitative estimate of drug-likeness (QED) is 0.817. The van der Waals surface area contributed by atoms with E-state index in [9.17, 15) is 4.79 Å². The van der Waals surface area contributed by atoms with E-state index >= 15 is 0 Å². The van der Waals surface area contributed by atoms with E-state index in [1.807, 2.05) is 12.3 Å². The molecule has 1 atom stereocenters. The molecule has 1 unspecified atom stereocenters. The highest BCUT2D eigenvalue weighted by molar-refractivity contribution is 7.09. The van der Waals surface area contributed by atoms with Crippen LogP contribution in [-0.2, 0) is 0 Å². The molecule has 2 rings (SSSR count). The Bertz CT molecular complexity index is 510. The van der Waals surface area contributed by atoms with Gasteiger partial charge in [0.15, 0.2) is 0 Å². The van der Waals surface area contributed by atoms with Crippen LogP contribution in [0.25, 0.3) is 0 Å². The minimum atomic E-state index is -0.139. The number of rotatable bonds is 3. The zero-order chi connectivity index (χ0) is 12.3. The zero-order valence-electron chi connectivity index (χ0n) is 9.38. The molecule has 88 valence electrons. The van der Waals surface area contributed by atoms with Gasteiger partial charge in [-0.05, 0) is 25.1 Å². The number of carbonyl (C=O) groups is 1. The van der Waals surface area contributed by atoms with Crippen LogP contribution in [0.3, 0.4) is 0 Å². The van der Waals surface area contributed by atoms with Gasteiger partial charge in [-0.1, -0.05) is 6.07 Å². The van der Waals surface area contributed by atoms with E-state index in [0.29, 0.717) is 11.3 Å². The number of carbonyl (C=O) groups excluding carboxylic acids is 1. The van der Waals surface area contributed by atoms with Crippen molar-refractivity contribution < 1.29 is 4.79 Å². The molecule has 0 aliphatic rings. The second-order valence-electron chi connectivity index (χ2n) is 3.69. The van der Waals surface area contributed by atoms with Gasteiger partial charge in [-0.2, -0.15) is 0 Å². The molecule has 1 amide bonds. The average Bonchev–Trinajstić information content (AvgIpc) is 2.82. The summed E-state index contributed by atoms with van der Waals surface area (Å²) in [6.45, 7) is 1.91. The first kappa shape index (κ1) is 11.6. The molecule has 0 aliphatic heterocycles. The normalized spacial score (nSPS) is 12.1. The topological polar surface area (TPSA) is 68.0 Å². The summed E-state index contributed by atoms with van der Waals surface area (Å²) in [5.41, 5.74) is 6.78. The Morgan fingerprint density at radius 3 is 3.00 bits per heavy atom. The molecule has 5 heteroatoms. The Labute approximate surface area is 103 Å². The van der Waals surface area contributed by atoms with Crippen molar-refractivity contribution in [1.82, 2.24) is 10.3 Å². The van der Waals surface area contributed by atoms with Gasteiger partial charge >= 0.3 is 0 Å². The second-order valence-corrected chi connectivity index (χ2v) is 4.62. The first-order valence-electron chi connectivity index (χ1n) is 5.22. The van der Waals surface area contributed by atoms with Crippen LogP contribution in [0.15, 0.2) is 35.8 Å². The van der Waals surface area contributed by atoms with Crippen molar-refractivity contribution in [2.45, 2.75) is 13.0 Å². The van der Waals surface area contributed by atoms with E-state index in [-0.39, 0.29) is 11.9 Å². The van der Waals surface area contributed by atoms with E-state index in [2.05, 4.69) is 10.3 Å². The maximum absolute atomic E-state index is 11.9. The smallest absolute Gasteiger partial charge is 0.251 e. The first-order valence-corrected chi connectivity index (χ1v) is 6.10. The Morgan fingerprint density at radius 2 is 2.35 bits per heavy atom. The van der Waals surface area contributed by atoms with Crippen molar-refractivity contribution >= 4 is 22.9 Å². The monoisotopic (exact) mass is 247 g/mol. The molecule has 0 saturated heterocycles. The molecule has 1 aromatic heterocycles. The number of anilines is 1. The molecule has 0 fully saturated rings. The molecular formula is C12H13N3OS. The summed E-state index contributed by atoms with van der Waals surface area (Å²) in [4.78, 5) is 16.1. The Balaban J connectivity index is 2.07. The lowest BCUT2D eigenvalue weighted by Crippen LogP contribution is -2.26. The lowest BCUT2D eigenvalue weighted by Gasteiger charge is -2.11. The summed E-state index contributed by atoms with van der Waals surface area (Å²) in [6, 6.07) is 6.81. The van der Waals surface area contributed by atoms with Crippen LogP contribution >= 0.6 is 11.3 Å². The maximum Gasteiger partial charge on any atom is 0.251 e. The van der Waals surface area contributed by atoms with Gasteiger partial charge in [0, 0.05) is 22.8 Å². The highest BCUT2D eigenvalue weighted by Gasteiger charge is 2.12. The van der Waals surface area contributed by atoms with Gasteiger partial charge < -0.3 is 11.1 Å². The van der Waals surface area contributed by atoms with E-state index in [0.717, 1.165) is 5.01 Å². The van der Waals surface area contributed by atoms with Crippen LogP contribution in [0.2, 0.25) is 0 Å². The third-order valence-corrected chi connectivity index (χ3v) is 3.28. The molecule has 0 saturated carbocycles. The number of nitrogens with zero attached hydrogens (tertiary/aromatic N) is 1. The van der Waals surface area contributed by atoms with Gasteiger partial charge in [0.2, 0.25) is 0 Å². The first-order chi connectivity index (χ1) is 8.16. The number of amides is 1. The van der Waals surface area contributed by atoms with Crippen LogP contribution in [0, 0.1) is 0 Å². The maximum atomic E-state index is 11.9. The highest BCUT2D eigenvalue weighted by atomic mass is 32.1. The molecule has 0 spiro atoms. The fourth-order valence-corrected chi connectivity index (χ4v) is 2.12. The Hall–Kier alpha value is -1.88. The molecule has 0 radical (unpaired) electrons. The molecule has 0 bridgehead atoms. The van der Waals surface area contributed by atoms with Gasteiger partial charge in [0.05, 0.1) is 6.04 Å². The van der Waals surface area contributed by atoms with Gasteiger partial charge in [0.1, 0.15) is 5.01 Å². The number of nitrogens with one attached hydrogen (secondary N) is 1. The third kappa shape index (κ3) is 2.82. The predicted molar refractivity (Wildman–Crippen MR) is 68.8 cm³/mol.